The number of H-pyrrole nitrogens is 1. The minimum atomic E-state index is 0.190. The Balaban J connectivity index is 1.57. The molecule has 1 fully saturated rings. The van der Waals surface area contributed by atoms with Gasteiger partial charge in [-0.1, -0.05) is 12.1 Å². The largest absolute Gasteiger partial charge is 0.341 e. The van der Waals surface area contributed by atoms with Crippen LogP contribution in [0.5, 0.6) is 0 Å². The van der Waals surface area contributed by atoms with Gasteiger partial charge in [0.05, 0.1) is 24.1 Å². The smallest absolute Gasteiger partial charge is 0.236 e. The Labute approximate surface area is 124 Å². The number of amides is 1. The number of nitrogens with one attached hydrogen (secondary N) is 2. The topological polar surface area (TPSA) is 64.3 Å². The molecule has 6 nitrogen and oxygen atoms in total. The van der Waals surface area contributed by atoms with Gasteiger partial charge >= 0.3 is 0 Å². The second kappa shape index (κ2) is 6.24. The first-order valence-corrected chi connectivity index (χ1v) is 7.33. The zero-order valence-corrected chi connectivity index (χ0v) is 12.3. The first-order valence-electron chi connectivity index (χ1n) is 7.33. The summed E-state index contributed by atoms with van der Waals surface area (Å²) >= 11 is 0. The lowest BCUT2D eigenvalue weighted by atomic mass is 10.3. The normalized spacial score (nSPS) is 15.8. The van der Waals surface area contributed by atoms with E-state index in [1.165, 1.54) is 0 Å². The average molecular weight is 287 g/mol. The van der Waals surface area contributed by atoms with Crippen LogP contribution in [0.25, 0.3) is 11.0 Å². The van der Waals surface area contributed by atoms with E-state index in [1.54, 1.807) is 0 Å². The number of carbonyl (C=O) groups excluding carboxylic acids is 1. The minimum Gasteiger partial charge on any atom is -0.341 e. The third-order valence-corrected chi connectivity index (χ3v) is 3.73. The fourth-order valence-corrected chi connectivity index (χ4v) is 2.64. The number of carbonyl (C=O) groups is 1. The number of imidazole rings is 1. The summed E-state index contributed by atoms with van der Waals surface area (Å²) in [5, 5.41) is 3.26. The van der Waals surface area contributed by atoms with Crippen molar-refractivity contribution in [1.29, 1.82) is 0 Å². The number of aromatic nitrogens is 2. The van der Waals surface area contributed by atoms with Crippen LogP contribution in [0, 0.1) is 0 Å². The van der Waals surface area contributed by atoms with E-state index in [1.807, 2.05) is 41.1 Å². The first kappa shape index (κ1) is 14.0. The maximum absolute atomic E-state index is 12.2. The van der Waals surface area contributed by atoms with Gasteiger partial charge in [-0.05, 0) is 19.2 Å². The summed E-state index contributed by atoms with van der Waals surface area (Å²) in [5.74, 6) is 1.09. The Morgan fingerprint density at radius 3 is 2.86 bits per heavy atom. The summed E-state index contributed by atoms with van der Waals surface area (Å²) in [6.07, 6.45) is 0. The quantitative estimate of drug-likeness (QED) is 0.856. The van der Waals surface area contributed by atoms with Crippen molar-refractivity contribution in [2.24, 2.45) is 0 Å². The van der Waals surface area contributed by atoms with Gasteiger partial charge in [0.2, 0.25) is 5.91 Å². The van der Waals surface area contributed by atoms with Crippen molar-refractivity contribution in [3.05, 3.63) is 30.1 Å². The zero-order chi connectivity index (χ0) is 14.7. The van der Waals surface area contributed by atoms with Crippen molar-refractivity contribution >= 4 is 16.9 Å². The molecular weight excluding hydrogens is 266 g/mol. The molecule has 0 unspecified atom stereocenters. The maximum atomic E-state index is 12.2. The van der Waals surface area contributed by atoms with Gasteiger partial charge in [-0.25, -0.2) is 4.98 Å². The van der Waals surface area contributed by atoms with E-state index >= 15 is 0 Å². The monoisotopic (exact) mass is 287 g/mol. The number of piperazine rings is 1. The molecular formula is C15H21N5O. The van der Waals surface area contributed by atoms with Crippen molar-refractivity contribution in [2.75, 3.05) is 39.8 Å². The fourth-order valence-electron chi connectivity index (χ4n) is 2.64. The van der Waals surface area contributed by atoms with Crippen molar-refractivity contribution in [3.8, 4) is 0 Å². The van der Waals surface area contributed by atoms with Crippen molar-refractivity contribution in [2.45, 2.75) is 6.54 Å². The van der Waals surface area contributed by atoms with Gasteiger partial charge in [0, 0.05) is 26.2 Å². The predicted octanol–water partition coefficient (Wildman–Crippen LogP) is 0.427. The summed E-state index contributed by atoms with van der Waals surface area (Å²) in [6.45, 7) is 4.45. The predicted molar refractivity (Wildman–Crippen MR) is 81.9 cm³/mol. The Kier molecular flexibility index (Phi) is 4.17. The summed E-state index contributed by atoms with van der Waals surface area (Å²) < 4.78 is 0. The number of rotatable bonds is 4. The van der Waals surface area contributed by atoms with Gasteiger partial charge in [-0.3, -0.25) is 9.69 Å². The third-order valence-electron chi connectivity index (χ3n) is 3.73. The molecule has 1 aliphatic heterocycles. The van der Waals surface area contributed by atoms with E-state index in [9.17, 15) is 4.79 Å². The van der Waals surface area contributed by atoms with Crippen LogP contribution in [-0.2, 0) is 11.3 Å². The molecule has 1 aromatic heterocycles. The summed E-state index contributed by atoms with van der Waals surface area (Å²) in [4.78, 5) is 24.0. The first-order chi connectivity index (χ1) is 10.2. The van der Waals surface area contributed by atoms with Gasteiger partial charge in [0.25, 0.3) is 0 Å². The molecule has 0 bridgehead atoms. The molecule has 0 radical (unpaired) electrons. The van der Waals surface area contributed by atoms with Crippen molar-refractivity contribution < 1.29 is 4.79 Å². The molecule has 2 N–H and O–H groups in total. The highest BCUT2D eigenvalue weighted by atomic mass is 16.2. The Hall–Kier alpha value is -1.92. The number of benzene rings is 1. The standard InChI is InChI=1S/C15H21N5O/c1-19(11-15(21)20-8-6-16-7-9-20)10-14-17-12-4-2-3-5-13(12)18-14/h2-5,16H,6-11H2,1H3,(H,17,18). The zero-order valence-electron chi connectivity index (χ0n) is 12.3. The number of likely N-dealkylation sites (N-methyl/N-ethyl adjacent to an activating group) is 1. The highest BCUT2D eigenvalue weighted by Crippen LogP contribution is 2.11. The second-order valence-electron chi connectivity index (χ2n) is 5.50. The Morgan fingerprint density at radius 2 is 2.10 bits per heavy atom. The van der Waals surface area contributed by atoms with Gasteiger partial charge in [-0.2, -0.15) is 0 Å². The van der Waals surface area contributed by atoms with Crippen LogP contribution in [-0.4, -0.2) is 65.4 Å². The number of nitrogens with zero attached hydrogens (tertiary/aromatic N) is 3. The molecule has 1 aliphatic rings. The Bertz CT molecular complexity index is 584. The number of hydrogen-bond donors (Lipinski definition) is 2. The summed E-state index contributed by atoms with van der Waals surface area (Å²) in [6, 6.07) is 7.96. The lowest BCUT2D eigenvalue weighted by molar-refractivity contribution is -0.132. The number of aromatic amines is 1. The highest BCUT2D eigenvalue weighted by molar-refractivity contribution is 5.78. The van der Waals surface area contributed by atoms with Crippen molar-refractivity contribution in [1.82, 2.24) is 25.1 Å². The molecule has 0 aliphatic carbocycles. The molecule has 0 spiro atoms. The van der Waals surface area contributed by atoms with Crippen LogP contribution in [0.1, 0.15) is 5.82 Å². The second-order valence-corrected chi connectivity index (χ2v) is 5.50. The third kappa shape index (κ3) is 3.40. The van der Waals surface area contributed by atoms with Gasteiger partial charge in [-0.15, -0.1) is 0 Å². The maximum Gasteiger partial charge on any atom is 0.236 e. The lowest BCUT2D eigenvalue weighted by Gasteiger charge is -2.29. The average Bonchev–Trinajstić information content (AvgIpc) is 2.90. The highest BCUT2D eigenvalue weighted by Gasteiger charge is 2.18. The summed E-state index contributed by atoms with van der Waals surface area (Å²) in [7, 11) is 1.95. The molecule has 2 aromatic rings. The minimum absolute atomic E-state index is 0.190. The molecule has 0 atom stereocenters. The number of hydrogen-bond acceptors (Lipinski definition) is 4. The SMILES string of the molecule is CN(CC(=O)N1CCNCC1)Cc1nc2ccccc2[nH]1. The van der Waals surface area contributed by atoms with Gasteiger partial charge in [0.15, 0.2) is 0 Å². The van der Waals surface area contributed by atoms with E-state index in [0.29, 0.717) is 13.1 Å². The van der Waals surface area contributed by atoms with Crippen LogP contribution in [0.2, 0.25) is 0 Å². The molecule has 1 aromatic carbocycles. The van der Waals surface area contributed by atoms with Crippen LogP contribution >= 0.6 is 0 Å². The van der Waals surface area contributed by atoms with Gasteiger partial charge in [0.1, 0.15) is 5.82 Å². The van der Waals surface area contributed by atoms with Crippen LogP contribution in [0.3, 0.4) is 0 Å². The number of fused-ring (bicyclic) bond motifs is 1. The van der Waals surface area contributed by atoms with E-state index in [0.717, 1.165) is 43.0 Å². The lowest BCUT2D eigenvalue weighted by Crippen LogP contribution is -2.49. The van der Waals surface area contributed by atoms with Crippen molar-refractivity contribution in [3.63, 3.8) is 0 Å². The Morgan fingerprint density at radius 1 is 1.33 bits per heavy atom. The molecule has 6 heteroatoms. The fraction of sp³-hybridized carbons (Fsp3) is 0.467. The van der Waals surface area contributed by atoms with E-state index in [-0.39, 0.29) is 5.91 Å². The molecule has 21 heavy (non-hydrogen) atoms. The van der Waals surface area contributed by atoms with E-state index in [4.69, 9.17) is 0 Å². The van der Waals surface area contributed by atoms with Crippen LogP contribution in [0.15, 0.2) is 24.3 Å². The number of para-hydroxylation sites is 2. The van der Waals surface area contributed by atoms with Crippen LogP contribution < -0.4 is 5.32 Å². The van der Waals surface area contributed by atoms with E-state index < -0.39 is 0 Å². The molecule has 1 amide bonds. The van der Waals surface area contributed by atoms with E-state index in [2.05, 4.69) is 15.3 Å². The molecule has 3 rings (SSSR count). The molecule has 2 heterocycles. The van der Waals surface area contributed by atoms with Gasteiger partial charge < -0.3 is 15.2 Å². The molecule has 112 valence electrons. The van der Waals surface area contributed by atoms with Crippen LogP contribution in [0.4, 0.5) is 0 Å². The summed E-state index contributed by atoms with van der Waals surface area (Å²) in [5.41, 5.74) is 2.00. The molecule has 0 saturated carbocycles. The molecule has 1 saturated heterocycles.